The molecule has 1 heterocycles. The summed E-state index contributed by atoms with van der Waals surface area (Å²) >= 11 is 0. The number of nitrogens with one attached hydrogen (secondary N) is 2. The minimum atomic E-state index is -0.191. The van der Waals surface area contributed by atoms with Crippen LogP contribution in [0.1, 0.15) is 36.7 Å². The lowest BCUT2D eigenvalue weighted by Gasteiger charge is -2.11. The molecule has 1 amide bonds. The number of carbonyl (C=O) groups excluding carboxylic acids is 1. The molecule has 1 aliphatic rings. The Balaban J connectivity index is 1.83. The van der Waals surface area contributed by atoms with Crippen LogP contribution in [-0.4, -0.2) is 35.2 Å². The molecule has 1 aromatic rings. The number of carbonyl (C=O) groups is 1. The van der Waals surface area contributed by atoms with Gasteiger partial charge in [0.1, 0.15) is 5.82 Å². The third-order valence-corrected chi connectivity index (χ3v) is 3.39. The van der Waals surface area contributed by atoms with Crippen molar-refractivity contribution in [3.05, 3.63) is 17.8 Å². The van der Waals surface area contributed by atoms with E-state index >= 15 is 0 Å². The van der Waals surface area contributed by atoms with Crippen molar-refractivity contribution in [3.63, 3.8) is 0 Å². The largest absolute Gasteiger partial charge is 0.368 e. The molecule has 2 unspecified atom stereocenters. The Labute approximate surface area is 113 Å². The SMILES string of the molecule is CCNC(=O)c1ccc(NCC2CCC(N)C2)nn1. The maximum Gasteiger partial charge on any atom is 0.271 e. The first-order valence-corrected chi connectivity index (χ1v) is 6.80. The van der Waals surface area contributed by atoms with Gasteiger partial charge in [-0.25, -0.2) is 0 Å². The topological polar surface area (TPSA) is 92.9 Å². The van der Waals surface area contributed by atoms with Crippen LogP contribution in [0, 0.1) is 5.92 Å². The fourth-order valence-electron chi connectivity index (χ4n) is 2.35. The summed E-state index contributed by atoms with van der Waals surface area (Å²) in [5.74, 6) is 1.12. The zero-order valence-electron chi connectivity index (χ0n) is 11.2. The van der Waals surface area contributed by atoms with Crippen molar-refractivity contribution in [2.75, 3.05) is 18.4 Å². The number of anilines is 1. The Morgan fingerprint density at radius 3 is 2.84 bits per heavy atom. The van der Waals surface area contributed by atoms with Crippen LogP contribution in [0.2, 0.25) is 0 Å². The molecule has 19 heavy (non-hydrogen) atoms. The first kappa shape index (κ1) is 13.7. The van der Waals surface area contributed by atoms with E-state index in [1.54, 1.807) is 12.1 Å². The molecule has 0 radical (unpaired) electrons. The second-order valence-electron chi connectivity index (χ2n) is 4.98. The van der Waals surface area contributed by atoms with Gasteiger partial charge in [-0.3, -0.25) is 4.79 Å². The minimum Gasteiger partial charge on any atom is -0.368 e. The summed E-state index contributed by atoms with van der Waals surface area (Å²) in [6, 6.07) is 3.81. The van der Waals surface area contributed by atoms with Crippen LogP contribution in [0.4, 0.5) is 5.82 Å². The van der Waals surface area contributed by atoms with Gasteiger partial charge in [0, 0.05) is 19.1 Å². The molecule has 6 heteroatoms. The smallest absolute Gasteiger partial charge is 0.271 e. The van der Waals surface area contributed by atoms with Gasteiger partial charge in [-0.15, -0.1) is 10.2 Å². The molecule has 104 valence electrons. The Morgan fingerprint density at radius 1 is 1.42 bits per heavy atom. The molecule has 0 bridgehead atoms. The van der Waals surface area contributed by atoms with E-state index in [1.165, 1.54) is 6.42 Å². The van der Waals surface area contributed by atoms with Gasteiger partial charge in [-0.05, 0) is 44.2 Å². The molecule has 6 nitrogen and oxygen atoms in total. The zero-order valence-corrected chi connectivity index (χ0v) is 11.2. The van der Waals surface area contributed by atoms with Gasteiger partial charge in [0.25, 0.3) is 5.91 Å². The first-order chi connectivity index (χ1) is 9.19. The molecule has 0 saturated heterocycles. The average Bonchev–Trinajstić information content (AvgIpc) is 2.83. The number of hydrogen-bond acceptors (Lipinski definition) is 5. The van der Waals surface area contributed by atoms with E-state index in [2.05, 4.69) is 20.8 Å². The van der Waals surface area contributed by atoms with Crippen molar-refractivity contribution in [1.82, 2.24) is 15.5 Å². The quantitative estimate of drug-likeness (QED) is 0.729. The second kappa shape index (κ2) is 6.47. The molecule has 1 saturated carbocycles. The lowest BCUT2D eigenvalue weighted by molar-refractivity contribution is 0.0950. The van der Waals surface area contributed by atoms with Gasteiger partial charge in [0.2, 0.25) is 0 Å². The summed E-state index contributed by atoms with van der Waals surface area (Å²) in [5.41, 5.74) is 6.22. The summed E-state index contributed by atoms with van der Waals surface area (Å²) in [7, 11) is 0. The highest BCUT2D eigenvalue weighted by atomic mass is 16.1. The molecule has 2 atom stereocenters. The number of hydrogen-bond donors (Lipinski definition) is 3. The standard InChI is InChI=1S/C13H21N5O/c1-2-15-13(19)11-5-6-12(18-17-11)16-8-9-3-4-10(14)7-9/h5-6,9-10H,2-4,7-8,14H2,1H3,(H,15,19)(H,16,18). The summed E-state index contributed by atoms with van der Waals surface area (Å²) < 4.78 is 0. The van der Waals surface area contributed by atoms with E-state index in [9.17, 15) is 4.79 Å². The third kappa shape index (κ3) is 3.89. The predicted molar refractivity (Wildman–Crippen MR) is 73.8 cm³/mol. The summed E-state index contributed by atoms with van der Waals surface area (Å²) in [4.78, 5) is 11.5. The number of amides is 1. The summed E-state index contributed by atoms with van der Waals surface area (Å²) in [6.45, 7) is 3.32. The van der Waals surface area contributed by atoms with E-state index in [1.807, 2.05) is 6.92 Å². The monoisotopic (exact) mass is 263 g/mol. The third-order valence-electron chi connectivity index (χ3n) is 3.39. The van der Waals surface area contributed by atoms with Crippen molar-refractivity contribution in [2.45, 2.75) is 32.2 Å². The van der Waals surface area contributed by atoms with Crippen LogP contribution >= 0.6 is 0 Å². The summed E-state index contributed by atoms with van der Waals surface area (Å²) in [6.07, 6.45) is 3.34. The van der Waals surface area contributed by atoms with E-state index in [0.717, 1.165) is 19.4 Å². The van der Waals surface area contributed by atoms with Crippen LogP contribution in [-0.2, 0) is 0 Å². The Kier molecular flexibility index (Phi) is 4.68. The van der Waals surface area contributed by atoms with Crippen molar-refractivity contribution < 1.29 is 4.79 Å². The lowest BCUT2D eigenvalue weighted by atomic mass is 10.1. The number of nitrogens with two attached hydrogens (primary N) is 1. The molecule has 0 aliphatic heterocycles. The molecular formula is C13H21N5O. The van der Waals surface area contributed by atoms with Crippen LogP contribution in [0.25, 0.3) is 0 Å². The van der Waals surface area contributed by atoms with Gasteiger partial charge in [-0.1, -0.05) is 0 Å². The Morgan fingerprint density at radius 2 is 2.26 bits per heavy atom. The molecule has 1 aliphatic carbocycles. The second-order valence-corrected chi connectivity index (χ2v) is 4.98. The van der Waals surface area contributed by atoms with Gasteiger partial charge >= 0.3 is 0 Å². The van der Waals surface area contributed by atoms with Crippen LogP contribution in [0.5, 0.6) is 0 Å². The lowest BCUT2D eigenvalue weighted by Crippen LogP contribution is -2.24. The van der Waals surface area contributed by atoms with E-state index in [0.29, 0.717) is 30.0 Å². The van der Waals surface area contributed by atoms with Gasteiger partial charge in [0.05, 0.1) is 0 Å². The zero-order chi connectivity index (χ0) is 13.7. The Bertz CT molecular complexity index is 420. The molecule has 1 aromatic heterocycles. The van der Waals surface area contributed by atoms with Crippen molar-refractivity contribution >= 4 is 11.7 Å². The summed E-state index contributed by atoms with van der Waals surface area (Å²) in [5, 5.41) is 13.8. The van der Waals surface area contributed by atoms with Crippen LogP contribution in [0.3, 0.4) is 0 Å². The Hall–Kier alpha value is -1.69. The van der Waals surface area contributed by atoms with Crippen LogP contribution < -0.4 is 16.4 Å². The van der Waals surface area contributed by atoms with E-state index in [4.69, 9.17) is 5.73 Å². The molecular weight excluding hydrogens is 242 g/mol. The van der Waals surface area contributed by atoms with Gasteiger partial charge in [-0.2, -0.15) is 0 Å². The van der Waals surface area contributed by atoms with Crippen molar-refractivity contribution in [3.8, 4) is 0 Å². The van der Waals surface area contributed by atoms with Crippen molar-refractivity contribution in [1.29, 1.82) is 0 Å². The van der Waals surface area contributed by atoms with Crippen LogP contribution in [0.15, 0.2) is 12.1 Å². The van der Waals surface area contributed by atoms with Gasteiger partial charge < -0.3 is 16.4 Å². The average molecular weight is 263 g/mol. The van der Waals surface area contributed by atoms with E-state index in [-0.39, 0.29) is 5.91 Å². The maximum absolute atomic E-state index is 11.5. The number of aromatic nitrogens is 2. The molecule has 4 N–H and O–H groups in total. The van der Waals surface area contributed by atoms with E-state index < -0.39 is 0 Å². The minimum absolute atomic E-state index is 0.191. The number of rotatable bonds is 5. The highest BCUT2D eigenvalue weighted by molar-refractivity contribution is 5.92. The molecule has 1 fully saturated rings. The maximum atomic E-state index is 11.5. The molecule has 2 rings (SSSR count). The first-order valence-electron chi connectivity index (χ1n) is 6.80. The highest BCUT2D eigenvalue weighted by Crippen LogP contribution is 2.24. The van der Waals surface area contributed by atoms with Crippen molar-refractivity contribution in [2.24, 2.45) is 11.7 Å². The van der Waals surface area contributed by atoms with Gasteiger partial charge in [0.15, 0.2) is 5.69 Å². The number of nitrogens with zero attached hydrogens (tertiary/aromatic N) is 2. The normalized spacial score (nSPS) is 22.2. The predicted octanol–water partition coefficient (Wildman–Crippen LogP) is 0.766. The fourth-order valence-corrected chi connectivity index (χ4v) is 2.35. The highest BCUT2D eigenvalue weighted by Gasteiger charge is 2.21. The molecule has 0 aromatic carbocycles. The fraction of sp³-hybridized carbons (Fsp3) is 0.615. The molecule has 0 spiro atoms.